The van der Waals surface area contributed by atoms with Crippen molar-refractivity contribution in [1.82, 2.24) is 4.90 Å². The zero-order valence-corrected chi connectivity index (χ0v) is 16.1. The van der Waals surface area contributed by atoms with Crippen LogP contribution >= 0.6 is 34.3 Å². The first-order valence-corrected chi connectivity index (χ1v) is 10.3. The number of thiophene rings is 2. The number of halogens is 2. The first-order valence-electron chi connectivity index (χ1n) is 8.20. The molecule has 0 saturated heterocycles. The van der Waals surface area contributed by atoms with E-state index in [1.165, 1.54) is 33.5 Å². The SMILES string of the molecule is O=C(CN1CCc2sccc2[C@H]1c1cccs1)Nc1ccc(F)cc1Cl. The van der Waals surface area contributed by atoms with E-state index in [9.17, 15) is 9.18 Å². The van der Waals surface area contributed by atoms with Gasteiger partial charge in [0.2, 0.25) is 5.91 Å². The summed E-state index contributed by atoms with van der Waals surface area (Å²) in [5.74, 6) is -0.578. The van der Waals surface area contributed by atoms with Crippen molar-refractivity contribution >= 4 is 45.9 Å². The summed E-state index contributed by atoms with van der Waals surface area (Å²) in [6, 6.07) is 10.4. The largest absolute Gasteiger partial charge is 0.324 e. The van der Waals surface area contributed by atoms with Crippen LogP contribution in [-0.2, 0) is 11.2 Å². The molecule has 3 nitrogen and oxygen atoms in total. The van der Waals surface area contributed by atoms with Gasteiger partial charge in [0.05, 0.1) is 23.3 Å². The molecule has 1 amide bonds. The molecule has 1 aliphatic heterocycles. The number of nitrogens with zero attached hydrogens (tertiary/aromatic N) is 1. The number of rotatable bonds is 4. The molecule has 0 fully saturated rings. The zero-order valence-electron chi connectivity index (χ0n) is 13.7. The predicted molar refractivity (Wildman–Crippen MR) is 106 cm³/mol. The highest BCUT2D eigenvalue weighted by atomic mass is 35.5. The van der Waals surface area contributed by atoms with E-state index in [4.69, 9.17) is 11.6 Å². The van der Waals surface area contributed by atoms with Gasteiger partial charge in [0.1, 0.15) is 5.82 Å². The fraction of sp³-hybridized carbons (Fsp3) is 0.211. The molecule has 3 aromatic rings. The van der Waals surface area contributed by atoms with Crippen molar-refractivity contribution in [3.63, 3.8) is 0 Å². The lowest BCUT2D eigenvalue weighted by Gasteiger charge is -2.34. The van der Waals surface area contributed by atoms with Crippen LogP contribution in [0.25, 0.3) is 0 Å². The van der Waals surface area contributed by atoms with Crippen LogP contribution in [0.4, 0.5) is 10.1 Å². The van der Waals surface area contributed by atoms with Crippen molar-refractivity contribution in [3.8, 4) is 0 Å². The van der Waals surface area contributed by atoms with Gasteiger partial charge in [-0.2, -0.15) is 0 Å². The van der Waals surface area contributed by atoms with Gasteiger partial charge >= 0.3 is 0 Å². The Kier molecular flexibility index (Phi) is 5.09. The Morgan fingerprint density at radius 1 is 1.27 bits per heavy atom. The Balaban J connectivity index is 1.54. The number of hydrogen-bond donors (Lipinski definition) is 1. The molecule has 0 bridgehead atoms. The summed E-state index contributed by atoms with van der Waals surface area (Å²) in [5, 5.41) is 7.18. The molecule has 7 heteroatoms. The third kappa shape index (κ3) is 3.55. The van der Waals surface area contributed by atoms with Crippen LogP contribution in [0.5, 0.6) is 0 Å². The van der Waals surface area contributed by atoms with Gasteiger partial charge in [0, 0.05) is 16.3 Å². The summed E-state index contributed by atoms with van der Waals surface area (Å²) >= 11 is 9.49. The molecule has 1 atom stereocenters. The van der Waals surface area contributed by atoms with Crippen molar-refractivity contribution in [2.24, 2.45) is 0 Å². The van der Waals surface area contributed by atoms with Gasteiger partial charge in [-0.3, -0.25) is 9.69 Å². The highest BCUT2D eigenvalue weighted by Crippen LogP contribution is 2.39. The van der Waals surface area contributed by atoms with E-state index >= 15 is 0 Å². The second-order valence-electron chi connectivity index (χ2n) is 6.11. The fourth-order valence-electron chi connectivity index (χ4n) is 3.28. The minimum atomic E-state index is -0.424. The second-order valence-corrected chi connectivity index (χ2v) is 8.50. The molecule has 0 spiro atoms. The number of anilines is 1. The molecule has 0 saturated carbocycles. The average Bonchev–Trinajstić information content (AvgIpc) is 3.28. The average molecular weight is 407 g/mol. The molecule has 1 aromatic carbocycles. The van der Waals surface area contributed by atoms with E-state index in [-0.39, 0.29) is 23.5 Å². The number of carbonyl (C=O) groups excluding carboxylic acids is 1. The molecular formula is C19H16ClFN2OS2. The van der Waals surface area contributed by atoms with Gasteiger partial charge in [-0.1, -0.05) is 17.7 Å². The highest BCUT2D eigenvalue weighted by molar-refractivity contribution is 7.10. The van der Waals surface area contributed by atoms with Gasteiger partial charge in [0.15, 0.2) is 0 Å². The van der Waals surface area contributed by atoms with Gasteiger partial charge < -0.3 is 5.32 Å². The minimum Gasteiger partial charge on any atom is -0.324 e. The summed E-state index contributed by atoms with van der Waals surface area (Å²) in [6.45, 7) is 1.08. The Hall–Kier alpha value is -1.73. The summed E-state index contributed by atoms with van der Waals surface area (Å²) in [4.78, 5) is 17.4. The smallest absolute Gasteiger partial charge is 0.238 e. The first kappa shape index (κ1) is 17.7. The van der Waals surface area contributed by atoms with E-state index in [1.807, 2.05) is 6.07 Å². The molecule has 26 heavy (non-hydrogen) atoms. The number of fused-ring (bicyclic) bond motifs is 1. The third-order valence-corrected chi connectivity index (χ3v) is 6.66. The van der Waals surface area contributed by atoms with Crippen LogP contribution in [0.15, 0.2) is 47.2 Å². The zero-order chi connectivity index (χ0) is 18.1. The highest BCUT2D eigenvalue weighted by Gasteiger charge is 2.31. The van der Waals surface area contributed by atoms with Crippen LogP contribution in [0.3, 0.4) is 0 Å². The van der Waals surface area contributed by atoms with Gasteiger partial charge in [-0.05, 0) is 53.1 Å². The maximum Gasteiger partial charge on any atom is 0.238 e. The number of nitrogens with one attached hydrogen (secondary N) is 1. The van der Waals surface area contributed by atoms with Gasteiger partial charge in [-0.15, -0.1) is 22.7 Å². The summed E-state index contributed by atoms with van der Waals surface area (Å²) in [7, 11) is 0. The Morgan fingerprint density at radius 3 is 2.92 bits per heavy atom. The monoisotopic (exact) mass is 406 g/mol. The molecule has 0 unspecified atom stereocenters. The van der Waals surface area contributed by atoms with E-state index in [2.05, 4.69) is 33.1 Å². The van der Waals surface area contributed by atoms with Crippen LogP contribution in [0, 0.1) is 5.82 Å². The molecular weight excluding hydrogens is 391 g/mol. The predicted octanol–water partition coefficient (Wildman–Crippen LogP) is 5.19. The van der Waals surface area contributed by atoms with Crippen molar-refractivity contribution in [3.05, 3.63) is 73.3 Å². The number of carbonyl (C=O) groups is 1. The van der Waals surface area contributed by atoms with E-state index < -0.39 is 5.82 Å². The molecule has 1 N–H and O–H groups in total. The molecule has 1 aliphatic rings. The van der Waals surface area contributed by atoms with Crippen LogP contribution in [0.2, 0.25) is 5.02 Å². The van der Waals surface area contributed by atoms with Crippen molar-refractivity contribution in [2.45, 2.75) is 12.5 Å². The second kappa shape index (κ2) is 7.48. The molecule has 134 valence electrons. The summed E-state index contributed by atoms with van der Waals surface area (Å²) in [6.07, 6.45) is 0.944. The van der Waals surface area contributed by atoms with Crippen molar-refractivity contribution in [2.75, 3.05) is 18.4 Å². The van der Waals surface area contributed by atoms with Gasteiger partial charge in [-0.25, -0.2) is 4.39 Å². The van der Waals surface area contributed by atoms with Crippen molar-refractivity contribution in [1.29, 1.82) is 0 Å². The maximum absolute atomic E-state index is 13.2. The van der Waals surface area contributed by atoms with E-state index in [1.54, 1.807) is 22.7 Å². The molecule has 0 radical (unpaired) electrons. The maximum atomic E-state index is 13.2. The molecule has 2 aromatic heterocycles. The topological polar surface area (TPSA) is 32.3 Å². The normalized spacial score (nSPS) is 17.1. The quantitative estimate of drug-likeness (QED) is 0.646. The summed E-state index contributed by atoms with van der Waals surface area (Å²) in [5.41, 5.74) is 1.72. The molecule has 0 aliphatic carbocycles. The van der Waals surface area contributed by atoms with E-state index in [0.717, 1.165) is 13.0 Å². The van der Waals surface area contributed by atoms with Gasteiger partial charge in [0.25, 0.3) is 0 Å². The van der Waals surface area contributed by atoms with Crippen LogP contribution in [-0.4, -0.2) is 23.9 Å². The molecule has 3 heterocycles. The lowest BCUT2D eigenvalue weighted by atomic mass is 9.98. The first-order chi connectivity index (χ1) is 12.6. The summed E-state index contributed by atoms with van der Waals surface area (Å²) < 4.78 is 13.2. The number of amides is 1. The fourth-order valence-corrected chi connectivity index (χ4v) is 5.28. The number of hydrogen-bond acceptors (Lipinski definition) is 4. The Labute approximate surface area is 164 Å². The van der Waals surface area contributed by atoms with Crippen LogP contribution < -0.4 is 5.32 Å². The van der Waals surface area contributed by atoms with Crippen molar-refractivity contribution < 1.29 is 9.18 Å². The lowest BCUT2D eigenvalue weighted by molar-refractivity contribution is -0.117. The van der Waals surface area contributed by atoms with E-state index in [0.29, 0.717) is 5.69 Å². The Bertz CT molecular complexity index is 926. The minimum absolute atomic E-state index is 0.0967. The number of benzene rings is 1. The standard InChI is InChI=1S/C19H16ClFN2OS2/c20-14-10-12(21)3-4-15(14)22-18(24)11-23-7-5-16-13(6-9-26-16)19(23)17-2-1-8-25-17/h1-4,6,8-10,19H,5,7,11H2,(H,22,24)/t19-/m0/s1. The lowest BCUT2D eigenvalue weighted by Crippen LogP contribution is -2.40. The Morgan fingerprint density at radius 2 is 2.15 bits per heavy atom. The third-order valence-electron chi connectivity index (χ3n) is 4.43. The molecule has 4 rings (SSSR count). The van der Waals surface area contributed by atoms with Crippen LogP contribution in [0.1, 0.15) is 21.4 Å².